The molecular weight excluding hydrogens is 368 g/mol. The molecule has 6 nitrogen and oxygen atoms in total. The standard InChI is InChI=1S/C21H26N6S/c1-4-13(2)16-7-5-15(6-8-16)11-23-19-17-9-10-22-18(17)25-20(26-19)27-21-24-14(3)12-28-21/h5-10,13-14,21,24H,4,11-12H2,1-3H3,(H,23,26,27)/p+1. The zero-order valence-corrected chi connectivity index (χ0v) is 17.4. The molecule has 4 rings (SSSR count). The largest absolute Gasteiger partial charge is 0.395 e. The van der Waals surface area contributed by atoms with Crippen LogP contribution in [0.25, 0.3) is 0 Å². The molecule has 1 aromatic rings. The first-order chi connectivity index (χ1) is 13.6. The van der Waals surface area contributed by atoms with E-state index in [4.69, 9.17) is 4.99 Å². The smallest absolute Gasteiger partial charge is 0.273 e. The molecule has 1 aromatic carbocycles. The van der Waals surface area contributed by atoms with Gasteiger partial charge >= 0.3 is 5.96 Å². The van der Waals surface area contributed by atoms with E-state index in [2.05, 4.69) is 70.6 Å². The molecule has 3 heterocycles. The Morgan fingerprint density at radius 2 is 2.14 bits per heavy atom. The van der Waals surface area contributed by atoms with Gasteiger partial charge in [-0.05, 0) is 36.5 Å². The Balaban J connectivity index is 1.50. The van der Waals surface area contributed by atoms with Crippen LogP contribution >= 0.6 is 11.8 Å². The highest BCUT2D eigenvalue weighted by atomic mass is 32.2. The average Bonchev–Trinajstić information content (AvgIpc) is 3.34. The van der Waals surface area contributed by atoms with Crippen LogP contribution in [0.2, 0.25) is 0 Å². The fourth-order valence-electron chi connectivity index (χ4n) is 3.27. The molecule has 3 atom stereocenters. The zero-order chi connectivity index (χ0) is 19.5. The fraction of sp³-hybridized carbons (Fsp3) is 0.429. The van der Waals surface area contributed by atoms with Crippen LogP contribution in [-0.2, 0) is 6.54 Å². The number of rotatable bonds is 5. The number of nitrogens with zero attached hydrogens (tertiary/aromatic N) is 3. The highest BCUT2D eigenvalue weighted by molar-refractivity contribution is 7.99. The summed E-state index contributed by atoms with van der Waals surface area (Å²) in [5, 5.41) is 6.82. The van der Waals surface area contributed by atoms with Gasteiger partial charge in [-0.2, -0.15) is 0 Å². The van der Waals surface area contributed by atoms with Gasteiger partial charge in [0.05, 0.1) is 12.1 Å². The number of nitrogens with one attached hydrogen (secondary N) is 3. The normalized spacial score (nSPS) is 27.5. The van der Waals surface area contributed by atoms with Crippen molar-refractivity contribution in [1.82, 2.24) is 10.6 Å². The van der Waals surface area contributed by atoms with Gasteiger partial charge in [0.2, 0.25) is 11.7 Å². The van der Waals surface area contributed by atoms with Gasteiger partial charge in [0.15, 0.2) is 5.50 Å². The van der Waals surface area contributed by atoms with E-state index in [0.29, 0.717) is 30.3 Å². The van der Waals surface area contributed by atoms with E-state index in [1.807, 2.05) is 17.8 Å². The maximum absolute atomic E-state index is 4.82. The fourth-order valence-corrected chi connectivity index (χ4v) is 4.37. The van der Waals surface area contributed by atoms with E-state index in [1.165, 1.54) is 11.1 Å². The summed E-state index contributed by atoms with van der Waals surface area (Å²) in [6.45, 7) is 7.28. The Morgan fingerprint density at radius 1 is 1.32 bits per heavy atom. The summed E-state index contributed by atoms with van der Waals surface area (Å²) < 4.78 is 0. The van der Waals surface area contributed by atoms with Crippen LogP contribution in [0.5, 0.6) is 0 Å². The van der Waals surface area contributed by atoms with Crippen molar-refractivity contribution in [2.45, 2.75) is 51.2 Å². The molecule has 0 radical (unpaired) electrons. The summed E-state index contributed by atoms with van der Waals surface area (Å²) in [4.78, 5) is 17.2. The lowest BCUT2D eigenvalue weighted by Gasteiger charge is -2.12. The Bertz CT molecular complexity index is 881. The summed E-state index contributed by atoms with van der Waals surface area (Å²) >= 11 is 1.84. The minimum Gasteiger partial charge on any atom is -0.273 e. The maximum atomic E-state index is 4.82. The quantitative estimate of drug-likeness (QED) is 0.708. The van der Waals surface area contributed by atoms with Gasteiger partial charge in [0.25, 0.3) is 0 Å². The highest BCUT2D eigenvalue weighted by Gasteiger charge is 2.32. The third-order valence-electron chi connectivity index (χ3n) is 5.19. The second-order valence-electron chi connectivity index (χ2n) is 7.41. The molecule has 0 amide bonds. The molecule has 0 saturated carbocycles. The first-order valence-electron chi connectivity index (χ1n) is 9.87. The van der Waals surface area contributed by atoms with Crippen molar-refractivity contribution in [3.05, 3.63) is 47.0 Å². The average molecular weight is 396 g/mol. The number of aliphatic imine (C=N–C) groups is 3. The monoisotopic (exact) mass is 395 g/mol. The molecule has 3 aliphatic rings. The highest BCUT2D eigenvalue weighted by Crippen LogP contribution is 2.19. The van der Waals surface area contributed by atoms with Gasteiger partial charge in [-0.1, -0.05) is 43.1 Å². The van der Waals surface area contributed by atoms with Crippen LogP contribution < -0.4 is 15.6 Å². The molecule has 1 fully saturated rings. The topological polar surface area (TPSA) is 75.1 Å². The van der Waals surface area contributed by atoms with Gasteiger partial charge in [0, 0.05) is 18.0 Å². The van der Waals surface area contributed by atoms with E-state index in [0.717, 1.165) is 23.6 Å². The lowest BCUT2D eigenvalue weighted by Crippen LogP contribution is -2.84. The first-order valence-corrected chi connectivity index (χ1v) is 10.9. The van der Waals surface area contributed by atoms with Crippen LogP contribution in [0, 0.1) is 0 Å². The Labute approximate surface area is 170 Å². The van der Waals surface area contributed by atoms with E-state index < -0.39 is 0 Å². The summed E-state index contributed by atoms with van der Waals surface area (Å²) in [6, 6.07) is 9.27. The van der Waals surface area contributed by atoms with Gasteiger partial charge in [0.1, 0.15) is 0 Å². The molecule has 3 N–H and O–H groups in total. The van der Waals surface area contributed by atoms with Crippen LogP contribution in [0.3, 0.4) is 0 Å². The molecule has 7 heteroatoms. The number of hydrogen-bond donors (Lipinski definition) is 3. The van der Waals surface area contributed by atoms with E-state index in [1.54, 1.807) is 6.21 Å². The molecule has 1 saturated heterocycles. The summed E-state index contributed by atoms with van der Waals surface area (Å²) in [6.07, 6.45) is 4.89. The maximum Gasteiger partial charge on any atom is 0.395 e. The van der Waals surface area contributed by atoms with Crippen molar-refractivity contribution in [1.29, 1.82) is 0 Å². The molecule has 0 aliphatic carbocycles. The van der Waals surface area contributed by atoms with Crippen LogP contribution in [0.1, 0.15) is 44.2 Å². The number of guanidine groups is 1. The van der Waals surface area contributed by atoms with Crippen molar-refractivity contribution in [3.63, 3.8) is 0 Å². The minimum atomic E-state index is 0.145. The van der Waals surface area contributed by atoms with Crippen LogP contribution in [-0.4, -0.2) is 41.1 Å². The van der Waals surface area contributed by atoms with Crippen molar-refractivity contribution in [2.75, 3.05) is 5.75 Å². The van der Waals surface area contributed by atoms with Crippen molar-refractivity contribution in [2.24, 2.45) is 15.0 Å². The Hall–Kier alpha value is -2.25. The summed E-state index contributed by atoms with van der Waals surface area (Å²) in [5.74, 6) is 3.89. The SMILES string of the molecule is CCC(C)c1ccc(CN=C2NC(=[NH+]C3NC(C)CS3)N=C3N=CC=C32)cc1. The predicted octanol–water partition coefficient (Wildman–Crippen LogP) is 1.56. The number of amidine groups is 2. The summed E-state index contributed by atoms with van der Waals surface area (Å²) in [5.41, 5.74) is 3.67. The molecule has 0 aromatic heterocycles. The molecule has 28 heavy (non-hydrogen) atoms. The number of benzene rings is 1. The molecule has 0 bridgehead atoms. The van der Waals surface area contributed by atoms with Crippen molar-refractivity contribution in [3.8, 4) is 0 Å². The van der Waals surface area contributed by atoms with E-state index >= 15 is 0 Å². The number of thioether (sulfide) groups is 1. The third kappa shape index (κ3) is 4.25. The molecule has 146 valence electrons. The second-order valence-corrected chi connectivity index (χ2v) is 8.55. The Kier molecular flexibility index (Phi) is 5.73. The molecule has 3 aliphatic heterocycles. The van der Waals surface area contributed by atoms with Crippen LogP contribution in [0.15, 0.2) is 50.9 Å². The predicted molar refractivity (Wildman–Crippen MR) is 118 cm³/mol. The summed E-state index contributed by atoms with van der Waals surface area (Å²) in [7, 11) is 0. The lowest BCUT2D eigenvalue weighted by atomic mass is 9.98. The number of hydrogen-bond acceptors (Lipinski definition) is 4. The minimum absolute atomic E-state index is 0.145. The third-order valence-corrected chi connectivity index (χ3v) is 6.47. The van der Waals surface area contributed by atoms with Crippen molar-refractivity contribution < 1.29 is 4.99 Å². The van der Waals surface area contributed by atoms with Gasteiger partial charge < -0.3 is 0 Å². The Morgan fingerprint density at radius 3 is 2.86 bits per heavy atom. The zero-order valence-electron chi connectivity index (χ0n) is 16.6. The van der Waals surface area contributed by atoms with E-state index in [-0.39, 0.29) is 5.50 Å². The van der Waals surface area contributed by atoms with E-state index in [9.17, 15) is 0 Å². The second kappa shape index (κ2) is 8.41. The van der Waals surface area contributed by atoms with Crippen LogP contribution in [0.4, 0.5) is 0 Å². The molecule has 0 spiro atoms. The number of fused-ring (bicyclic) bond motifs is 1. The van der Waals surface area contributed by atoms with Gasteiger partial charge in [-0.25, -0.2) is 20.3 Å². The first kappa shape index (κ1) is 19.1. The van der Waals surface area contributed by atoms with Gasteiger partial charge in [-0.15, -0.1) is 11.8 Å². The lowest BCUT2D eigenvalue weighted by molar-refractivity contribution is -0.482. The van der Waals surface area contributed by atoms with Gasteiger partial charge in [-0.3, -0.25) is 5.32 Å². The molecular formula is C21H27N6S+. The molecule has 3 unspecified atom stereocenters. The van der Waals surface area contributed by atoms with Crippen molar-refractivity contribution >= 4 is 35.6 Å². The number of allylic oxidation sites excluding steroid dienone is 1.